The van der Waals surface area contributed by atoms with Gasteiger partial charge in [0.25, 0.3) is 5.56 Å². The number of halogens is 6. The van der Waals surface area contributed by atoms with E-state index >= 15 is 0 Å². The second-order valence-electron chi connectivity index (χ2n) is 11.6. The minimum absolute atomic E-state index is 0.00829. The molecule has 2 aromatic rings. The van der Waals surface area contributed by atoms with E-state index in [0.717, 1.165) is 24.5 Å². The van der Waals surface area contributed by atoms with E-state index in [1.807, 2.05) is 0 Å². The topological polar surface area (TPSA) is 99.0 Å². The van der Waals surface area contributed by atoms with Crippen molar-refractivity contribution in [3.05, 3.63) is 46.0 Å². The molecule has 1 saturated heterocycles. The predicted molar refractivity (Wildman–Crippen MR) is 151 cm³/mol. The Labute approximate surface area is 251 Å². The molecule has 1 fully saturated rings. The van der Waals surface area contributed by atoms with Crippen molar-refractivity contribution in [2.75, 3.05) is 50.9 Å². The van der Waals surface area contributed by atoms with Gasteiger partial charge in [-0.2, -0.15) is 31.4 Å². The predicted octanol–water partition coefficient (Wildman–Crippen LogP) is 4.51. The van der Waals surface area contributed by atoms with E-state index in [4.69, 9.17) is 14.2 Å². The van der Waals surface area contributed by atoms with Gasteiger partial charge >= 0.3 is 12.4 Å². The van der Waals surface area contributed by atoms with Crippen molar-refractivity contribution in [2.24, 2.45) is 0 Å². The van der Waals surface area contributed by atoms with Crippen LogP contribution in [0.25, 0.3) is 0 Å². The van der Waals surface area contributed by atoms with E-state index in [1.165, 1.54) is 13.0 Å². The zero-order valence-electron chi connectivity index (χ0n) is 25.0. The number of aromatic nitrogens is 3. The van der Waals surface area contributed by atoms with Gasteiger partial charge in [0.1, 0.15) is 18.7 Å². The van der Waals surface area contributed by atoms with E-state index in [-0.39, 0.29) is 25.5 Å². The lowest BCUT2D eigenvalue weighted by Crippen LogP contribution is -2.49. The summed E-state index contributed by atoms with van der Waals surface area (Å²) in [6, 6.07) is 3.03. The molecule has 10 nitrogen and oxygen atoms in total. The molecule has 44 heavy (non-hydrogen) atoms. The normalized spacial score (nSPS) is 15.4. The van der Waals surface area contributed by atoms with Gasteiger partial charge < -0.3 is 24.0 Å². The maximum absolute atomic E-state index is 13.8. The average molecular weight is 654 g/mol. The molecule has 0 saturated carbocycles. The van der Waals surface area contributed by atoms with Crippen LogP contribution in [0.4, 0.5) is 32.2 Å². The molecule has 1 aliphatic heterocycles. The fraction of sp³-hybridized carbons (Fsp3) is 0.630. The van der Waals surface area contributed by atoms with Gasteiger partial charge in [0, 0.05) is 47.1 Å². The molecule has 0 bridgehead atoms. The summed E-state index contributed by atoms with van der Waals surface area (Å²) in [4.78, 5) is 32.4. The highest BCUT2D eigenvalue weighted by Crippen LogP contribution is 2.33. The summed E-state index contributed by atoms with van der Waals surface area (Å²) in [6.45, 7) is 8.97. The van der Waals surface area contributed by atoms with Crippen molar-refractivity contribution in [3.63, 3.8) is 0 Å². The van der Waals surface area contributed by atoms with Gasteiger partial charge in [-0.1, -0.05) is 19.6 Å². The third kappa shape index (κ3) is 10.5. The van der Waals surface area contributed by atoms with Crippen LogP contribution in [0.5, 0.6) is 5.75 Å². The molecule has 0 N–H and O–H groups in total. The van der Waals surface area contributed by atoms with Crippen LogP contribution in [0.15, 0.2) is 29.3 Å². The van der Waals surface area contributed by atoms with Crippen LogP contribution in [0.3, 0.4) is 0 Å². The number of nitrogens with zero attached hydrogens (tertiary/aromatic N) is 5. The summed E-state index contributed by atoms with van der Waals surface area (Å²) in [6.07, 6.45) is -8.75. The Hall–Kier alpha value is -3.18. The van der Waals surface area contributed by atoms with Crippen molar-refractivity contribution in [2.45, 2.75) is 64.2 Å². The molecular weight excluding hydrogens is 616 g/mol. The molecular formula is C27H37F6N5O5Si. The van der Waals surface area contributed by atoms with Crippen LogP contribution >= 0.6 is 0 Å². The van der Waals surface area contributed by atoms with Gasteiger partial charge in [-0.3, -0.25) is 9.59 Å². The molecule has 1 amide bonds. The van der Waals surface area contributed by atoms with E-state index in [9.17, 15) is 35.9 Å². The van der Waals surface area contributed by atoms with Gasteiger partial charge in [-0.25, -0.2) is 9.67 Å². The summed E-state index contributed by atoms with van der Waals surface area (Å²) < 4.78 is 96.3. The largest absolute Gasteiger partial charge is 0.486 e. The van der Waals surface area contributed by atoms with Crippen LogP contribution in [-0.2, 0) is 33.4 Å². The van der Waals surface area contributed by atoms with Crippen molar-refractivity contribution in [1.82, 2.24) is 19.7 Å². The fourth-order valence-electron chi connectivity index (χ4n) is 4.19. The van der Waals surface area contributed by atoms with E-state index in [2.05, 4.69) is 29.7 Å². The van der Waals surface area contributed by atoms with Crippen LogP contribution in [0.2, 0.25) is 25.7 Å². The molecule has 1 unspecified atom stereocenters. The van der Waals surface area contributed by atoms with Crippen molar-refractivity contribution >= 4 is 19.8 Å². The highest BCUT2D eigenvalue weighted by Gasteiger charge is 2.39. The number of amides is 1. The summed E-state index contributed by atoms with van der Waals surface area (Å²) in [5.41, 5.74) is -3.71. The van der Waals surface area contributed by atoms with Gasteiger partial charge in [-0.05, 0) is 25.1 Å². The standard InChI is InChI=1S/C27H37F6N5O5Si/c1-19(43-21-16-35-38(18-42-13-14-44(2,3)4)25(40)24(21)27(31,32)33)17-41-12-7-23(39)37-10-8-36(9-11-37)22-6-5-20(15-34-22)26(28,29)30/h5-6,15-16,19H,7-14,17-18H2,1-4H3. The number of alkyl halides is 6. The number of hydrogen-bond acceptors (Lipinski definition) is 8. The molecule has 1 aliphatic rings. The lowest BCUT2D eigenvalue weighted by molar-refractivity contribution is -0.141. The maximum atomic E-state index is 13.8. The van der Waals surface area contributed by atoms with Crippen LogP contribution in [0, 0.1) is 0 Å². The van der Waals surface area contributed by atoms with E-state index in [0.29, 0.717) is 43.3 Å². The highest BCUT2D eigenvalue weighted by molar-refractivity contribution is 6.76. The summed E-state index contributed by atoms with van der Waals surface area (Å²) >= 11 is 0. The number of carbonyl (C=O) groups is 1. The van der Waals surface area contributed by atoms with Crippen LogP contribution in [0.1, 0.15) is 24.5 Å². The van der Waals surface area contributed by atoms with Gasteiger partial charge in [0.15, 0.2) is 11.3 Å². The Morgan fingerprint density at radius 3 is 2.23 bits per heavy atom. The third-order valence-corrected chi connectivity index (χ3v) is 8.38. The first-order chi connectivity index (χ1) is 20.5. The number of pyridine rings is 1. The summed E-state index contributed by atoms with van der Waals surface area (Å²) in [5, 5.41) is 3.77. The smallest absolute Gasteiger partial charge is 0.425 e. The molecule has 246 valence electrons. The number of rotatable bonds is 13. The first kappa shape index (κ1) is 35.3. The van der Waals surface area contributed by atoms with E-state index < -0.39 is 55.7 Å². The lowest BCUT2D eigenvalue weighted by atomic mass is 10.2. The number of anilines is 1. The monoisotopic (exact) mass is 653 g/mol. The summed E-state index contributed by atoms with van der Waals surface area (Å²) in [5.74, 6) is -0.555. The molecule has 2 aromatic heterocycles. The van der Waals surface area contributed by atoms with Crippen molar-refractivity contribution in [3.8, 4) is 5.75 Å². The van der Waals surface area contributed by atoms with Crippen molar-refractivity contribution in [1.29, 1.82) is 0 Å². The summed E-state index contributed by atoms with van der Waals surface area (Å²) in [7, 11) is -1.42. The van der Waals surface area contributed by atoms with E-state index in [1.54, 1.807) is 9.80 Å². The minimum Gasteiger partial charge on any atom is -0.486 e. The zero-order chi connectivity index (χ0) is 32.7. The molecule has 0 radical (unpaired) electrons. The van der Waals surface area contributed by atoms with Crippen molar-refractivity contribution < 1.29 is 45.3 Å². The molecule has 1 atom stereocenters. The maximum Gasteiger partial charge on any atom is 0.425 e. The Kier molecular flexibility index (Phi) is 11.8. The second-order valence-corrected chi connectivity index (χ2v) is 17.2. The minimum atomic E-state index is -4.99. The zero-order valence-corrected chi connectivity index (χ0v) is 26.0. The SMILES string of the molecule is CC(COCCC(=O)N1CCN(c2ccc(C(F)(F)F)cn2)CC1)Oc1cnn(COCC[Si](C)(C)C)c(=O)c1C(F)(F)F. The Bertz CT molecular complexity index is 1290. The molecule has 0 aliphatic carbocycles. The number of piperazine rings is 1. The fourth-order valence-corrected chi connectivity index (χ4v) is 4.95. The van der Waals surface area contributed by atoms with Crippen LogP contribution in [-0.4, -0.2) is 85.7 Å². The average Bonchev–Trinajstić information content (AvgIpc) is 2.93. The number of carbonyl (C=O) groups excluding carboxylic acids is 1. The van der Waals surface area contributed by atoms with Gasteiger partial charge in [-0.15, -0.1) is 0 Å². The molecule has 17 heteroatoms. The number of hydrogen-bond donors (Lipinski definition) is 0. The molecule has 0 aromatic carbocycles. The third-order valence-electron chi connectivity index (χ3n) is 6.68. The highest BCUT2D eigenvalue weighted by atomic mass is 28.3. The Morgan fingerprint density at radius 2 is 1.66 bits per heavy atom. The first-order valence-corrected chi connectivity index (χ1v) is 17.7. The molecule has 3 rings (SSSR count). The lowest BCUT2D eigenvalue weighted by Gasteiger charge is -2.35. The van der Waals surface area contributed by atoms with Crippen LogP contribution < -0.4 is 15.2 Å². The Balaban J connectivity index is 1.44. The number of ether oxygens (including phenoxy) is 3. The first-order valence-electron chi connectivity index (χ1n) is 14.0. The molecule has 0 spiro atoms. The quantitative estimate of drug-likeness (QED) is 0.177. The van der Waals surface area contributed by atoms with Gasteiger partial charge in [0.05, 0.1) is 31.4 Å². The van der Waals surface area contributed by atoms with Gasteiger partial charge in [0.2, 0.25) is 5.91 Å². The second kappa shape index (κ2) is 14.7. The Morgan fingerprint density at radius 1 is 0.977 bits per heavy atom. The molecule has 3 heterocycles.